The second-order valence-corrected chi connectivity index (χ2v) is 7.87. The monoisotopic (exact) mass is 266 g/mol. The fourth-order valence-electron chi connectivity index (χ4n) is 5.22. The third-order valence-electron chi connectivity index (χ3n) is 6.73. The van der Waals surface area contributed by atoms with Crippen LogP contribution in [0.3, 0.4) is 0 Å². The van der Waals surface area contributed by atoms with E-state index in [1.54, 1.807) is 7.11 Å². The van der Waals surface area contributed by atoms with Crippen molar-refractivity contribution in [2.24, 2.45) is 34.5 Å². The summed E-state index contributed by atoms with van der Waals surface area (Å²) in [5.74, 6) is 1.95. The molecule has 0 N–H and O–H groups in total. The van der Waals surface area contributed by atoms with Gasteiger partial charge in [-0.25, -0.2) is 0 Å². The Hall–Kier alpha value is -0.530. The Morgan fingerprint density at radius 2 is 1.74 bits per heavy atom. The number of rotatable bonds is 1. The molecule has 0 amide bonds. The lowest BCUT2D eigenvalue weighted by Crippen LogP contribution is -2.55. The maximum absolute atomic E-state index is 12.3. The highest BCUT2D eigenvalue weighted by Gasteiger charge is 2.58. The molecular weight excluding hydrogens is 236 g/mol. The molecule has 0 spiro atoms. The molecule has 2 aliphatic carbocycles. The maximum atomic E-state index is 12.3. The molecule has 0 aliphatic heterocycles. The molecular formula is C17H30O2. The molecule has 2 heteroatoms. The van der Waals surface area contributed by atoms with E-state index in [0.717, 1.165) is 12.3 Å². The summed E-state index contributed by atoms with van der Waals surface area (Å²) in [6.07, 6.45) is 4.84. The molecule has 110 valence electrons. The summed E-state index contributed by atoms with van der Waals surface area (Å²) >= 11 is 0. The number of ether oxygens (including phenoxy) is 1. The molecule has 2 rings (SSSR count). The van der Waals surface area contributed by atoms with Crippen LogP contribution in [0.15, 0.2) is 0 Å². The second-order valence-electron chi connectivity index (χ2n) is 7.87. The van der Waals surface area contributed by atoms with Crippen molar-refractivity contribution < 1.29 is 9.53 Å². The largest absolute Gasteiger partial charge is 0.469 e. The van der Waals surface area contributed by atoms with E-state index in [-0.39, 0.29) is 17.3 Å². The first kappa shape index (κ1) is 14.9. The quantitative estimate of drug-likeness (QED) is 0.662. The molecule has 2 aliphatic rings. The van der Waals surface area contributed by atoms with Gasteiger partial charge in [-0.2, -0.15) is 0 Å². The fourth-order valence-corrected chi connectivity index (χ4v) is 5.22. The van der Waals surface area contributed by atoms with Crippen LogP contribution in [-0.4, -0.2) is 13.1 Å². The van der Waals surface area contributed by atoms with Crippen molar-refractivity contribution in [3.05, 3.63) is 0 Å². The molecule has 0 heterocycles. The Bertz CT molecular complexity index is 360. The number of esters is 1. The number of methoxy groups -OCH3 is 1. The summed E-state index contributed by atoms with van der Waals surface area (Å²) in [5.41, 5.74) is 0.459. The van der Waals surface area contributed by atoms with Gasteiger partial charge in [-0.15, -0.1) is 0 Å². The average Bonchev–Trinajstić information content (AvgIpc) is 2.33. The smallest absolute Gasteiger partial charge is 0.309 e. The normalized spacial score (nSPS) is 45.4. The van der Waals surface area contributed by atoms with E-state index >= 15 is 0 Å². The number of hydrogen-bond acceptors (Lipinski definition) is 2. The number of carbonyl (C=O) groups excluding carboxylic acids is 1. The Kier molecular flexibility index (Phi) is 3.75. The van der Waals surface area contributed by atoms with Gasteiger partial charge in [0.2, 0.25) is 0 Å². The first-order valence-corrected chi connectivity index (χ1v) is 7.83. The van der Waals surface area contributed by atoms with Crippen LogP contribution in [-0.2, 0) is 9.53 Å². The Morgan fingerprint density at radius 3 is 2.32 bits per heavy atom. The lowest BCUT2D eigenvalue weighted by molar-refractivity contribution is -0.171. The maximum Gasteiger partial charge on any atom is 0.309 e. The molecule has 0 saturated heterocycles. The molecule has 0 aromatic heterocycles. The molecule has 2 nitrogen and oxygen atoms in total. The van der Waals surface area contributed by atoms with Gasteiger partial charge in [-0.1, -0.05) is 34.6 Å². The molecule has 2 saturated carbocycles. The molecule has 5 unspecified atom stereocenters. The van der Waals surface area contributed by atoms with Crippen molar-refractivity contribution in [1.29, 1.82) is 0 Å². The summed E-state index contributed by atoms with van der Waals surface area (Å²) in [5, 5.41) is 0. The van der Waals surface area contributed by atoms with Crippen molar-refractivity contribution in [1.82, 2.24) is 0 Å². The van der Waals surface area contributed by atoms with Crippen molar-refractivity contribution in [3.8, 4) is 0 Å². The van der Waals surface area contributed by atoms with Gasteiger partial charge < -0.3 is 4.74 Å². The third kappa shape index (κ3) is 2.11. The third-order valence-corrected chi connectivity index (χ3v) is 6.73. The Morgan fingerprint density at radius 1 is 1.11 bits per heavy atom. The molecule has 2 fully saturated rings. The van der Waals surface area contributed by atoms with E-state index in [9.17, 15) is 4.79 Å². The molecule has 0 radical (unpaired) electrons. The first-order valence-electron chi connectivity index (χ1n) is 7.83. The van der Waals surface area contributed by atoms with E-state index in [1.165, 1.54) is 19.3 Å². The summed E-state index contributed by atoms with van der Waals surface area (Å²) < 4.78 is 5.13. The van der Waals surface area contributed by atoms with E-state index in [4.69, 9.17) is 4.74 Å². The average molecular weight is 266 g/mol. The summed E-state index contributed by atoms with van der Waals surface area (Å²) in [6, 6.07) is 0. The number of carbonyl (C=O) groups is 1. The zero-order chi connectivity index (χ0) is 14.4. The van der Waals surface area contributed by atoms with Crippen molar-refractivity contribution in [2.75, 3.05) is 7.11 Å². The molecule has 5 atom stereocenters. The zero-order valence-electron chi connectivity index (χ0n) is 13.5. The topological polar surface area (TPSA) is 26.3 Å². The van der Waals surface area contributed by atoms with Crippen LogP contribution in [0.25, 0.3) is 0 Å². The Labute approximate surface area is 118 Å². The van der Waals surface area contributed by atoms with Crippen LogP contribution in [0.4, 0.5) is 0 Å². The van der Waals surface area contributed by atoms with Crippen LogP contribution >= 0.6 is 0 Å². The van der Waals surface area contributed by atoms with Crippen LogP contribution in [0.1, 0.15) is 60.3 Å². The van der Waals surface area contributed by atoms with Crippen LogP contribution < -0.4 is 0 Å². The van der Waals surface area contributed by atoms with E-state index in [0.29, 0.717) is 17.3 Å². The predicted molar refractivity (Wildman–Crippen MR) is 77.7 cm³/mol. The highest BCUT2D eigenvalue weighted by molar-refractivity contribution is 5.74. The standard InChI is InChI=1S/C17H30O2/c1-11-7-8-13-16(3,4)12(2)9-10-17(13,5)14(11)15(18)19-6/h11-14H,7-10H2,1-6H3. The lowest BCUT2D eigenvalue weighted by Gasteiger charge is -2.60. The van der Waals surface area contributed by atoms with Gasteiger partial charge in [0.05, 0.1) is 13.0 Å². The van der Waals surface area contributed by atoms with Gasteiger partial charge in [0, 0.05) is 0 Å². The lowest BCUT2D eigenvalue weighted by atomic mass is 9.44. The predicted octanol–water partition coefficient (Wildman–Crippen LogP) is 4.28. The molecule has 19 heavy (non-hydrogen) atoms. The SMILES string of the molecule is COC(=O)C1C(C)CCC2C(C)(C)C(C)CCC12C. The van der Waals surface area contributed by atoms with Crippen LogP contribution in [0.2, 0.25) is 0 Å². The van der Waals surface area contributed by atoms with Gasteiger partial charge in [0.25, 0.3) is 0 Å². The van der Waals surface area contributed by atoms with Crippen LogP contribution in [0.5, 0.6) is 0 Å². The van der Waals surface area contributed by atoms with E-state index in [2.05, 4.69) is 34.6 Å². The number of fused-ring (bicyclic) bond motifs is 1. The van der Waals surface area contributed by atoms with Crippen molar-refractivity contribution >= 4 is 5.97 Å². The summed E-state index contributed by atoms with van der Waals surface area (Å²) in [4.78, 5) is 12.3. The summed E-state index contributed by atoms with van der Waals surface area (Å²) in [6.45, 7) is 11.8. The van der Waals surface area contributed by atoms with Gasteiger partial charge in [-0.05, 0) is 54.3 Å². The fraction of sp³-hybridized carbons (Fsp3) is 0.941. The highest BCUT2D eigenvalue weighted by Crippen LogP contribution is 2.62. The van der Waals surface area contributed by atoms with Crippen molar-refractivity contribution in [3.63, 3.8) is 0 Å². The molecule has 0 aromatic rings. The zero-order valence-corrected chi connectivity index (χ0v) is 13.5. The van der Waals surface area contributed by atoms with Gasteiger partial charge in [0.1, 0.15) is 0 Å². The highest BCUT2D eigenvalue weighted by atomic mass is 16.5. The minimum Gasteiger partial charge on any atom is -0.469 e. The van der Waals surface area contributed by atoms with Gasteiger partial charge in [-0.3, -0.25) is 4.79 Å². The summed E-state index contributed by atoms with van der Waals surface area (Å²) in [7, 11) is 1.54. The first-order chi connectivity index (χ1) is 8.75. The Balaban J connectivity index is 2.39. The van der Waals surface area contributed by atoms with Crippen LogP contribution in [0, 0.1) is 34.5 Å². The molecule has 0 bridgehead atoms. The van der Waals surface area contributed by atoms with Gasteiger partial charge >= 0.3 is 5.97 Å². The van der Waals surface area contributed by atoms with Gasteiger partial charge in [0.15, 0.2) is 0 Å². The minimum absolute atomic E-state index is 0.0186. The molecule has 0 aromatic carbocycles. The minimum atomic E-state index is 0.0186. The van der Waals surface area contributed by atoms with E-state index in [1.807, 2.05) is 0 Å². The van der Waals surface area contributed by atoms with Crippen molar-refractivity contribution in [2.45, 2.75) is 60.3 Å². The second kappa shape index (κ2) is 4.79. The van der Waals surface area contributed by atoms with E-state index < -0.39 is 0 Å². The number of hydrogen-bond donors (Lipinski definition) is 0.